The molecule has 0 atom stereocenters. The fourth-order valence-corrected chi connectivity index (χ4v) is 5.68. The van der Waals surface area contributed by atoms with Crippen LogP contribution >= 0.6 is 22.7 Å². The minimum Gasteiger partial charge on any atom is -0.166 e. The summed E-state index contributed by atoms with van der Waals surface area (Å²) in [6, 6.07) is 17.8. The number of hydrogen-bond donors (Lipinski definition) is 0. The minimum atomic E-state index is 1.31. The van der Waals surface area contributed by atoms with Crippen LogP contribution in [0.3, 0.4) is 0 Å². The number of benzene rings is 2. The number of aromatic nitrogens is 1. The summed E-state index contributed by atoms with van der Waals surface area (Å²) in [5.74, 6) is 0. The van der Waals surface area contributed by atoms with Gasteiger partial charge in [-0.05, 0) is 44.4 Å². The Kier molecular flexibility index (Phi) is 2.43. The number of fused-ring (bicyclic) bond motifs is 9. The Balaban J connectivity index is 2.06. The van der Waals surface area contributed by atoms with Gasteiger partial charge in [0.15, 0.2) is 12.4 Å². The van der Waals surface area contributed by atoms with Crippen molar-refractivity contribution in [2.24, 2.45) is 0 Å². The van der Waals surface area contributed by atoms with Crippen LogP contribution in [0, 0.1) is 0 Å². The molecule has 0 fully saturated rings. The molecular formula is C21H12NS2+. The summed E-state index contributed by atoms with van der Waals surface area (Å²) >= 11 is 3.68. The highest BCUT2D eigenvalue weighted by Gasteiger charge is 2.17. The van der Waals surface area contributed by atoms with Gasteiger partial charge in [0.1, 0.15) is 0 Å². The van der Waals surface area contributed by atoms with Crippen LogP contribution in [-0.4, -0.2) is 0 Å². The Morgan fingerprint density at radius 1 is 0.542 bits per heavy atom. The third-order valence-corrected chi connectivity index (χ3v) is 6.76. The van der Waals surface area contributed by atoms with Crippen molar-refractivity contribution < 1.29 is 4.40 Å². The van der Waals surface area contributed by atoms with Gasteiger partial charge < -0.3 is 0 Å². The van der Waals surface area contributed by atoms with Gasteiger partial charge in [-0.3, -0.25) is 0 Å². The zero-order chi connectivity index (χ0) is 15.7. The van der Waals surface area contributed by atoms with Crippen molar-refractivity contribution in [3.8, 4) is 0 Å². The smallest absolute Gasteiger partial charge is 0.166 e. The Morgan fingerprint density at radius 2 is 1.04 bits per heavy atom. The van der Waals surface area contributed by atoms with Crippen LogP contribution < -0.4 is 4.40 Å². The standard InChI is InChI=1S/C21H12NS2/c1-3-15-7-11-23-20(15)17-13(1)5-9-22-10-6-14-2-4-16-8-12-24-21(16)18(14)19(17)22/h1-12H/q+1. The Labute approximate surface area is 146 Å². The van der Waals surface area contributed by atoms with Gasteiger partial charge in [0.05, 0.1) is 10.8 Å². The summed E-state index contributed by atoms with van der Waals surface area (Å²) in [4.78, 5) is 0. The summed E-state index contributed by atoms with van der Waals surface area (Å²) in [6.45, 7) is 0. The second-order valence-electron chi connectivity index (χ2n) is 6.12. The first-order valence-electron chi connectivity index (χ1n) is 7.93. The maximum atomic E-state index is 2.28. The van der Waals surface area contributed by atoms with Gasteiger partial charge in [-0.2, -0.15) is 4.40 Å². The molecule has 112 valence electrons. The number of rotatable bonds is 0. The molecule has 4 heterocycles. The molecule has 0 radical (unpaired) electrons. The summed E-state index contributed by atoms with van der Waals surface area (Å²) in [7, 11) is 0. The van der Waals surface area contributed by atoms with Crippen LogP contribution in [-0.2, 0) is 0 Å². The van der Waals surface area contributed by atoms with E-state index in [-0.39, 0.29) is 0 Å². The largest absolute Gasteiger partial charge is 0.229 e. The molecule has 0 saturated heterocycles. The van der Waals surface area contributed by atoms with E-state index in [2.05, 4.69) is 76.1 Å². The summed E-state index contributed by atoms with van der Waals surface area (Å²) in [5, 5.41) is 12.4. The fraction of sp³-hybridized carbons (Fsp3) is 0. The molecule has 1 nitrogen and oxygen atoms in total. The van der Waals surface area contributed by atoms with Crippen molar-refractivity contribution in [2.75, 3.05) is 0 Å². The molecule has 0 bridgehead atoms. The fourth-order valence-electron chi connectivity index (χ4n) is 3.76. The van der Waals surface area contributed by atoms with E-state index in [1.807, 2.05) is 22.7 Å². The van der Waals surface area contributed by atoms with Crippen molar-refractivity contribution in [3.05, 3.63) is 71.7 Å². The molecule has 2 aromatic carbocycles. The van der Waals surface area contributed by atoms with E-state index >= 15 is 0 Å². The third-order valence-electron chi connectivity index (χ3n) is 4.87. The maximum Gasteiger partial charge on any atom is 0.229 e. The molecule has 0 aliphatic rings. The van der Waals surface area contributed by atoms with Crippen molar-refractivity contribution in [2.45, 2.75) is 0 Å². The average molecular weight is 342 g/mol. The predicted molar refractivity (Wildman–Crippen MR) is 105 cm³/mol. The molecule has 3 heteroatoms. The maximum absolute atomic E-state index is 2.28. The van der Waals surface area contributed by atoms with Crippen LogP contribution in [0.25, 0.3) is 47.2 Å². The van der Waals surface area contributed by atoms with Crippen LogP contribution in [0.4, 0.5) is 0 Å². The van der Waals surface area contributed by atoms with Gasteiger partial charge in [-0.1, -0.05) is 24.3 Å². The molecule has 0 unspecified atom stereocenters. The van der Waals surface area contributed by atoms with Crippen molar-refractivity contribution in [3.63, 3.8) is 0 Å². The van der Waals surface area contributed by atoms with Crippen LogP contribution in [0.1, 0.15) is 0 Å². The van der Waals surface area contributed by atoms with Crippen LogP contribution in [0.5, 0.6) is 0 Å². The monoisotopic (exact) mass is 342 g/mol. The van der Waals surface area contributed by atoms with Crippen molar-refractivity contribution in [1.82, 2.24) is 0 Å². The van der Waals surface area contributed by atoms with E-state index in [9.17, 15) is 0 Å². The molecule has 6 aromatic rings. The van der Waals surface area contributed by atoms with Crippen molar-refractivity contribution in [1.29, 1.82) is 0 Å². The van der Waals surface area contributed by atoms with E-state index in [4.69, 9.17) is 0 Å². The van der Waals surface area contributed by atoms with Crippen LogP contribution in [0.15, 0.2) is 71.7 Å². The zero-order valence-electron chi connectivity index (χ0n) is 12.7. The lowest BCUT2D eigenvalue weighted by Gasteiger charge is -2.05. The lowest BCUT2D eigenvalue weighted by molar-refractivity contribution is -0.509. The highest BCUT2D eigenvalue weighted by molar-refractivity contribution is 7.19. The Hall–Kier alpha value is -2.49. The first-order chi connectivity index (χ1) is 11.9. The normalized spacial score (nSPS) is 12.2. The van der Waals surface area contributed by atoms with Gasteiger partial charge in [-0.15, -0.1) is 22.7 Å². The third kappa shape index (κ3) is 1.56. The molecule has 0 amide bonds. The van der Waals surface area contributed by atoms with Gasteiger partial charge in [0, 0.05) is 21.5 Å². The Morgan fingerprint density at radius 3 is 1.58 bits per heavy atom. The molecule has 6 rings (SSSR count). The summed E-state index contributed by atoms with van der Waals surface area (Å²) < 4.78 is 5.04. The molecule has 0 aliphatic heterocycles. The first-order valence-corrected chi connectivity index (χ1v) is 9.69. The molecular weight excluding hydrogens is 330 g/mol. The van der Waals surface area contributed by atoms with Crippen LogP contribution in [0.2, 0.25) is 0 Å². The van der Waals surface area contributed by atoms with E-state index < -0.39 is 0 Å². The SMILES string of the molecule is c1cc2ccc3cc[n+]4ccc5ccc6ccsc6c5c4c3c2s1. The first kappa shape index (κ1) is 12.9. The molecule has 0 N–H and O–H groups in total. The van der Waals surface area contributed by atoms with E-state index in [0.717, 1.165) is 0 Å². The number of nitrogens with zero attached hydrogens (tertiary/aromatic N) is 1. The van der Waals surface area contributed by atoms with Crippen molar-refractivity contribution >= 4 is 69.9 Å². The van der Waals surface area contributed by atoms with Gasteiger partial charge >= 0.3 is 0 Å². The lowest BCUT2D eigenvalue weighted by Crippen LogP contribution is -2.20. The van der Waals surface area contributed by atoms with Gasteiger partial charge in [0.25, 0.3) is 0 Å². The number of thiophene rings is 2. The van der Waals surface area contributed by atoms with Gasteiger partial charge in [0.2, 0.25) is 5.52 Å². The topological polar surface area (TPSA) is 4.10 Å². The Bertz CT molecular complexity index is 1300. The minimum absolute atomic E-state index is 1.31. The van der Waals surface area contributed by atoms with Gasteiger partial charge in [-0.25, -0.2) is 0 Å². The second-order valence-corrected chi connectivity index (χ2v) is 7.96. The quantitative estimate of drug-likeness (QED) is 0.230. The zero-order valence-corrected chi connectivity index (χ0v) is 14.3. The molecule has 0 aliphatic carbocycles. The summed E-state index contributed by atoms with van der Waals surface area (Å²) in [5.41, 5.74) is 1.33. The number of hydrogen-bond acceptors (Lipinski definition) is 2. The molecule has 4 aromatic heterocycles. The molecule has 0 spiro atoms. The molecule has 0 saturated carbocycles. The lowest BCUT2D eigenvalue weighted by atomic mass is 10.0. The molecule has 24 heavy (non-hydrogen) atoms. The summed E-state index contributed by atoms with van der Waals surface area (Å²) in [6.07, 6.45) is 4.37. The van der Waals surface area contributed by atoms with E-state index in [0.29, 0.717) is 0 Å². The average Bonchev–Trinajstić information content (AvgIpc) is 3.29. The van der Waals surface area contributed by atoms with E-state index in [1.54, 1.807) is 0 Å². The predicted octanol–water partition coefficient (Wildman–Crippen LogP) is 6.16. The highest BCUT2D eigenvalue weighted by Crippen LogP contribution is 2.37. The second kappa shape index (κ2) is 4.53. The van der Waals surface area contributed by atoms with E-state index in [1.165, 1.54) is 47.2 Å². The highest BCUT2D eigenvalue weighted by atomic mass is 32.1. The number of pyridine rings is 2.